The third kappa shape index (κ3) is 3.82. The molecule has 2 aromatic carbocycles. The summed E-state index contributed by atoms with van der Waals surface area (Å²) in [7, 11) is -3.67. The van der Waals surface area contributed by atoms with Gasteiger partial charge in [-0.05, 0) is 61.6 Å². The predicted molar refractivity (Wildman–Crippen MR) is 102 cm³/mol. The van der Waals surface area contributed by atoms with Gasteiger partial charge in [0.15, 0.2) is 0 Å². The van der Waals surface area contributed by atoms with Crippen molar-refractivity contribution in [2.45, 2.75) is 29.6 Å². The van der Waals surface area contributed by atoms with E-state index < -0.39 is 10.0 Å². The van der Waals surface area contributed by atoms with E-state index in [0.717, 1.165) is 22.6 Å². The van der Waals surface area contributed by atoms with Gasteiger partial charge < -0.3 is 4.90 Å². The van der Waals surface area contributed by atoms with E-state index in [1.54, 1.807) is 53.1 Å². The van der Waals surface area contributed by atoms with Gasteiger partial charge >= 0.3 is 0 Å². The molecule has 0 spiro atoms. The Hall–Kier alpha value is -1.99. The minimum Gasteiger partial charge on any atom is -0.312 e. The fourth-order valence-corrected chi connectivity index (χ4v) is 4.29. The molecule has 1 amide bonds. The molecule has 1 heterocycles. The van der Waals surface area contributed by atoms with Crippen molar-refractivity contribution in [2.24, 2.45) is 0 Å². The lowest BCUT2D eigenvalue weighted by molar-refractivity contribution is -0.117. The van der Waals surface area contributed by atoms with Crippen LogP contribution in [0.2, 0.25) is 0 Å². The highest BCUT2D eigenvalue weighted by Gasteiger charge is 2.24. The molecule has 1 fully saturated rings. The van der Waals surface area contributed by atoms with Gasteiger partial charge in [0, 0.05) is 23.5 Å². The van der Waals surface area contributed by atoms with Crippen LogP contribution in [-0.4, -0.2) is 27.1 Å². The summed E-state index contributed by atoms with van der Waals surface area (Å²) in [5.74, 6) is 0.0794. The summed E-state index contributed by atoms with van der Waals surface area (Å²) in [6.45, 7) is 2.59. The smallest absolute Gasteiger partial charge is 0.261 e. The number of hydrogen-bond donors (Lipinski definition) is 1. The summed E-state index contributed by atoms with van der Waals surface area (Å²) >= 11 is 1.56. The van der Waals surface area contributed by atoms with Gasteiger partial charge in [-0.25, -0.2) is 8.42 Å². The van der Waals surface area contributed by atoms with Crippen LogP contribution in [-0.2, 0) is 14.8 Å². The highest BCUT2D eigenvalue weighted by atomic mass is 32.2. The molecular weight excluding hydrogens is 356 g/mol. The molecule has 3 rings (SSSR count). The minimum atomic E-state index is -3.67. The Kier molecular flexibility index (Phi) is 5.06. The maximum absolute atomic E-state index is 12.6. The number of aryl methyl sites for hydroxylation is 1. The van der Waals surface area contributed by atoms with Crippen LogP contribution in [0.3, 0.4) is 0 Å². The monoisotopic (exact) mass is 376 g/mol. The summed E-state index contributed by atoms with van der Waals surface area (Å²) in [5.41, 5.74) is 2.16. The Labute approximate surface area is 152 Å². The van der Waals surface area contributed by atoms with Crippen molar-refractivity contribution in [1.29, 1.82) is 0 Å². The zero-order valence-electron chi connectivity index (χ0n) is 14.2. The molecule has 1 N–H and O–H groups in total. The molecule has 0 aliphatic carbocycles. The lowest BCUT2D eigenvalue weighted by atomic mass is 10.1. The van der Waals surface area contributed by atoms with Crippen molar-refractivity contribution >= 4 is 39.1 Å². The Morgan fingerprint density at radius 2 is 1.84 bits per heavy atom. The maximum atomic E-state index is 12.6. The normalized spacial score (nSPS) is 14.8. The number of sulfonamides is 1. The number of hydrogen-bond acceptors (Lipinski definition) is 4. The summed E-state index contributed by atoms with van der Waals surface area (Å²) in [5, 5.41) is 0. The molecule has 0 unspecified atom stereocenters. The van der Waals surface area contributed by atoms with Gasteiger partial charge in [0.05, 0.1) is 10.6 Å². The van der Waals surface area contributed by atoms with E-state index in [-0.39, 0.29) is 10.8 Å². The highest BCUT2D eigenvalue weighted by molar-refractivity contribution is 7.98. The van der Waals surface area contributed by atoms with Crippen molar-refractivity contribution in [3.05, 3.63) is 48.0 Å². The Morgan fingerprint density at radius 3 is 2.44 bits per heavy atom. The summed E-state index contributed by atoms with van der Waals surface area (Å²) in [4.78, 5) is 14.9. The average molecular weight is 377 g/mol. The zero-order chi connectivity index (χ0) is 18.0. The number of nitrogens with one attached hydrogen (secondary N) is 1. The molecule has 7 heteroatoms. The van der Waals surface area contributed by atoms with Gasteiger partial charge in [-0.3, -0.25) is 9.52 Å². The molecule has 2 aromatic rings. The van der Waals surface area contributed by atoms with Crippen LogP contribution in [0.25, 0.3) is 0 Å². The second-order valence-corrected chi connectivity index (χ2v) is 8.49. The van der Waals surface area contributed by atoms with E-state index in [4.69, 9.17) is 0 Å². The number of benzene rings is 2. The summed E-state index contributed by atoms with van der Waals surface area (Å²) < 4.78 is 27.8. The largest absolute Gasteiger partial charge is 0.312 e. The fraction of sp³-hybridized carbons (Fsp3) is 0.278. The number of carbonyl (C=O) groups excluding carboxylic acids is 1. The van der Waals surface area contributed by atoms with Crippen LogP contribution < -0.4 is 9.62 Å². The van der Waals surface area contributed by atoms with Gasteiger partial charge in [-0.1, -0.05) is 6.07 Å². The lowest BCUT2D eigenvalue weighted by Gasteiger charge is -2.19. The molecule has 0 saturated carbocycles. The van der Waals surface area contributed by atoms with Gasteiger partial charge in [0.25, 0.3) is 10.0 Å². The van der Waals surface area contributed by atoms with Crippen LogP contribution in [0.5, 0.6) is 0 Å². The Morgan fingerprint density at radius 1 is 1.12 bits per heavy atom. The topological polar surface area (TPSA) is 66.5 Å². The zero-order valence-corrected chi connectivity index (χ0v) is 15.8. The summed E-state index contributed by atoms with van der Waals surface area (Å²) in [6, 6.07) is 12.0. The van der Waals surface area contributed by atoms with Gasteiger partial charge in [-0.15, -0.1) is 11.8 Å². The van der Waals surface area contributed by atoms with Crippen LogP contribution in [0, 0.1) is 6.92 Å². The van der Waals surface area contributed by atoms with Gasteiger partial charge in [-0.2, -0.15) is 0 Å². The standard InChI is InChI=1S/C18H20N2O3S2/c1-13-5-6-14(12-17(13)20-11-3-4-18(20)21)19-25(22,23)16-9-7-15(24-2)8-10-16/h5-10,12,19H,3-4,11H2,1-2H3. The Bertz CT molecular complexity index is 893. The van der Waals surface area contributed by atoms with Crippen molar-refractivity contribution in [2.75, 3.05) is 22.4 Å². The second kappa shape index (κ2) is 7.09. The number of carbonyl (C=O) groups is 1. The van der Waals surface area contributed by atoms with E-state index >= 15 is 0 Å². The SMILES string of the molecule is CSc1ccc(S(=O)(=O)Nc2ccc(C)c(N3CCCC3=O)c2)cc1. The van der Waals surface area contributed by atoms with Gasteiger partial charge in [0.1, 0.15) is 0 Å². The van der Waals surface area contributed by atoms with Crippen molar-refractivity contribution in [3.8, 4) is 0 Å². The molecule has 0 atom stereocenters. The molecule has 5 nitrogen and oxygen atoms in total. The third-order valence-corrected chi connectivity index (χ3v) is 6.34. The van der Waals surface area contributed by atoms with E-state index in [1.807, 2.05) is 19.2 Å². The quantitative estimate of drug-likeness (QED) is 0.809. The van der Waals surface area contributed by atoms with Crippen molar-refractivity contribution < 1.29 is 13.2 Å². The molecule has 0 aromatic heterocycles. The van der Waals surface area contributed by atoms with Crippen LogP contribution in [0.1, 0.15) is 18.4 Å². The first-order valence-corrected chi connectivity index (χ1v) is 10.7. The number of amides is 1. The van der Waals surface area contributed by atoms with E-state index in [0.29, 0.717) is 18.7 Å². The third-order valence-electron chi connectivity index (χ3n) is 4.20. The number of rotatable bonds is 5. The number of thioether (sulfide) groups is 1. The average Bonchev–Trinajstić information content (AvgIpc) is 3.02. The molecule has 132 valence electrons. The number of anilines is 2. The lowest BCUT2D eigenvalue weighted by Crippen LogP contribution is -2.24. The van der Waals surface area contributed by atoms with E-state index in [2.05, 4.69) is 4.72 Å². The maximum Gasteiger partial charge on any atom is 0.261 e. The molecule has 1 aliphatic rings. The highest BCUT2D eigenvalue weighted by Crippen LogP contribution is 2.29. The van der Waals surface area contributed by atoms with Crippen LogP contribution in [0.15, 0.2) is 52.3 Å². The number of nitrogens with zero attached hydrogens (tertiary/aromatic N) is 1. The fourth-order valence-electron chi connectivity index (χ4n) is 2.84. The molecule has 25 heavy (non-hydrogen) atoms. The molecule has 1 aliphatic heterocycles. The second-order valence-electron chi connectivity index (χ2n) is 5.93. The first kappa shape index (κ1) is 17.8. The molecule has 0 radical (unpaired) electrons. The Balaban J connectivity index is 1.87. The van der Waals surface area contributed by atoms with Crippen molar-refractivity contribution in [3.63, 3.8) is 0 Å². The first-order chi connectivity index (χ1) is 11.9. The predicted octanol–water partition coefficient (Wildman–Crippen LogP) is 3.64. The van der Waals surface area contributed by atoms with Gasteiger partial charge in [0.2, 0.25) is 5.91 Å². The molecule has 1 saturated heterocycles. The summed E-state index contributed by atoms with van der Waals surface area (Å²) in [6.07, 6.45) is 3.31. The van der Waals surface area contributed by atoms with Crippen molar-refractivity contribution in [1.82, 2.24) is 0 Å². The molecular formula is C18H20N2O3S2. The van der Waals surface area contributed by atoms with E-state index in [1.165, 1.54) is 0 Å². The molecule has 0 bridgehead atoms. The van der Waals surface area contributed by atoms with E-state index in [9.17, 15) is 13.2 Å². The van der Waals surface area contributed by atoms with Crippen LogP contribution >= 0.6 is 11.8 Å². The van der Waals surface area contributed by atoms with Crippen LogP contribution in [0.4, 0.5) is 11.4 Å². The minimum absolute atomic E-state index is 0.0794. The first-order valence-electron chi connectivity index (χ1n) is 7.98.